The fourth-order valence-corrected chi connectivity index (χ4v) is 1.46. The van der Waals surface area contributed by atoms with E-state index in [1.165, 1.54) is 13.2 Å². The number of carbonyl (C=O) groups is 1. The highest BCUT2D eigenvalue weighted by Crippen LogP contribution is 2.24. The van der Waals surface area contributed by atoms with E-state index in [-0.39, 0.29) is 5.76 Å². The van der Waals surface area contributed by atoms with Crippen molar-refractivity contribution in [3.63, 3.8) is 0 Å². The van der Waals surface area contributed by atoms with Crippen molar-refractivity contribution in [2.45, 2.75) is 0 Å². The van der Waals surface area contributed by atoms with Gasteiger partial charge in [-0.1, -0.05) is 0 Å². The van der Waals surface area contributed by atoms with Gasteiger partial charge < -0.3 is 9.15 Å². The average molecular weight is 243 g/mol. The van der Waals surface area contributed by atoms with E-state index in [1.807, 2.05) is 0 Å². The van der Waals surface area contributed by atoms with Crippen LogP contribution in [0.25, 0.3) is 11.3 Å². The molecule has 0 aliphatic heterocycles. The maximum absolute atomic E-state index is 11.2. The first-order valence-electron chi connectivity index (χ1n) is 5.11. The Kier molecular flexibility index (Phi) is 3.36. The number of hydrogen-bond acceptors (Lipinski definition) is 5. The molecule has 90 valence electrons. The van der Waals surface area contributed by atoms with Crippen molar-refractivity contribution in [3.05, 3.63) is 42.2 Å². The maximum Gasteiger partial charge on any atom is 0.373 e. The van der Waals surface area contributed by atoms with E-state index in [1.54, 1.807) is 36.4 Å². The molecular formula is C13H9NO4. The number of hydrogen-bond donors (Lipinski definition) is 0. The number of methoxy groups -OCH3 is 1. The Hall–Kier alpha value is -2.65. The molecule has 0 saturated carbocycles. The fraction of sp³-hybridized carbons (Fsp3) is 0.0769. The van der Waals surface area contributed by atoms with Crippen LogP contribution in [0.5, 0.6) is 0 Å². The van der Waals surface area contributed by atoms with E-state index in [9.17, 15) is 9.59 Å². The fourth-order valence-electron chi connectivity index (χ4n) is 1.46. The van der Waals surface area contributed by atoms with E-state index in [0.717, 1.165) is 5.56 Å². The molecule has 0 unspecified atom stereocenters. The van der Waals surface area contributed by atoms with Crippen LogP contribution in [0.3, 0.4) is 0 Å². The van der Waals surface area contributed by atoms with Gasteiger partial charge in [-0.25, -0.2) is 9.59 Å². The number of furan rings is 1. The van der Waals surface area contributed by atoms with Gasteiger partial charge in [-0.05, 0) is 36.4 Å². The summed E-state index contributed by atoms with van der Waals surface area (Å²) in [6.45, 7) is 0. The summed E-state index contributed by atoms with van der Waals surface area (Å²) in [6.07, 6.45) is 1.46. The molecule has 0 aliphatic carbocycles. The van der Waals surface area contributed by atoms with Gasteiger partial charge in [0.25, 0.3) is 0 Å². The first kappa shape index (κ1) is 11.8. The standard InChI is InChI=1S/C13H9NO4/c1-17-13(16)12-7-6-11(18-12)9-2-4-10(5-3-9)14-8-15/h2-7H,1H3. The van der Waals surface area contributed by atoms with Gasteiger partial charge >= 0.3 is 5.97 Å². The number of benzene rings is 1. The van der Waals surface area contributed by atoms with Crippen molar-refractivity contribution in [2.24, 2.45) is 4.99 Å². The molecule has 0 radical (unpaired) electrons. The van der Waals surface area contributed by atoms with Gasteiger partial charge in [0.1, 0.15) is 5.76 Å². The minimum Gasteiger partial charge on any atom is -0.463 e. The van der Waals surface area contributed by atoms with Gasteiger partial charge in [-0.2, -0.15) is 4.99 Å². The second kappa shape index (κ2) is 5.12. The number of isocyanates is 1. The molecule has 0 aliphatic rings. The van der Waals surface area contributed by atoms with Crippen LogP contribution in [0.1, 0.15) is 10.6 Å². The third-order valence-electron chi connectivity index (χ3n) is 2.32. The highest BCUT2D eigenvalue weighted by atomic mass is 16.5. The van der Waals surface area contributed by atoms with Crippen LogP contribution in [0.15, 0.2) is 45.8 Å². The Balaban J connectivity index is 2.28. The van der Waals surface area contributed by atoms with Gasteiger partial charge in [0.2, 0.25) is 11.8 Å². The van der Waals surface area contributed by atoms with Crippen molar-refractivity contribution in [3.8, 4) is 11.3 Å². The van der Waals surface area contributed by atoms with E-state index in [4.69, 9.17) is 4.42 Å². The third kappa shape index (κ3) is 2.36. The monoisotopic (exact) mass is 243 g/mol. The van der Waals surface area contributed by atoms with Gasteiger partial charge in [0.05, 0.1) is 12.8 Å². The van der Waals surface area contributed by atoms with Gasteiger partial charge in [0, 0.05) is 5.56 Å². The molecule has 0 spiro atoms. The Morgan fingerprint density at radius 1 is 1.22 bits per heavy atom. The number of nitrogens with zero attached hydrogens (tertiary/aromatic N) is 1. The lowest BCUT2D eigenvalue weighted by atomic mass is 10.1. The quantitative estimate of drug-likeness (QED) is 0.472. The van der Waals surface area contributed by atoms with Crippen molar-refractivity contribution in [2.75, 3.05) is 7.11 Å². The molecule has 0 bridgehead atoms. The number of carbonyl (C=O) groups excluding carboxylic acids is 2. The molecule has 1 aromatic carbocycles. The third-order valence-corrected chi connectivity index (χ3v) is 2.32. The molecule has 2 rings (SSSR count). The first-order chi connectivity index (χ1) is 8.74. The van der Waals surface area contributed by atoms with Crippen molar-refractivity contribution in [1.29, 1.82) is 0 Å². The van der Waals surface area contributed by atoms with Crippen LogP contribution in [0, 0.1) is 0 Å². The lowest BCUT2D eigenvalue weighted by Crippen LogP contribution is -1.98. The predicted molar refractivity (Wildman–Crippen MR) is 63.3 cm³/mol. The van der Waals surface area contributed by atoms with Gasteiger partial charge in [-0.3, -0.25) is 0 Å². The summed E-state index contributed by atoms with van der Waals surface area (Å²) in [6, 6.07) is 9.98. The molecule has 0 N–H and O–H groups in total. The van der Waals surface area contributed by atoms with Crippen LogP contribution in [0.4, 0.5) is 5.69 Å². The van der Waals surface area contributed by atoms with Crippen LogP contribution >= 0.6 is 0 Å². The zero-order chi connectivity index (χ0) is 13.0. The second-order valence-corrected chi connectivity index (χ2v) is 3.41. The van der Waals surface area contributed by atoms with Crippen LogP contribution in [-0.2, 0) is 9.53 Å². The highest BCUT2D eigenvalue weighted by Gasteiger charge is 2.11. The molecular weight excluding hydrogens is 234 g/mol. The molecule has 0 fully saturated rings. The van der Waals surface area contributed by atoms with E-state index in [0.29, 0.717) is 11.4 Å². The molecule has 18 heavy (non-hydrogen) atoms. The largest absolute Gasteiger partial charge is 0.463 e. The number of rotatable bonds is 3. The predicted octanol–water partition coefficient (Wildman–Crippen LogP) is 2.70. The summed E-state index contributed by atoms with van der Waals surface area (Å²) in [7, 11) is 1.29. The Labute approximate surface area is 103 Å². The summed E-state index contributed by atoms with van der Waals surface area (Å²) in [5.74, 6) is 0.156. The molecule has 1 heterocycles. The van der Waals surface area contributed by atoms with Crippen molar-refractivity contribution < 1.29 is 18.7 Å². The molecule has 2 aromatic rings. The van der Waals surface area contributed by atoms with Gasteiger partial charge in [-0.15, -0.1) is 0 Å². The molecule has 0 amide bonds. The smallest absolute Gasteiger partial charge is 0.373 e. The maximum atomic E-state index is 11.2. The van der Waals surface area contributed by atoms with Crippen LogP contribution < -0.4 is 0 Å². The summed E-state index contributed by atoms with van der Waals surface area (Å²) in [4.78, 5) is 24.8. The van der Waals surface area contributed by atoms with E-state index < -0.39 is 5.97 Å². The minimum atomic E-state index is -0.525. The van der Waals surface area contributed by atoms with E-state index in [2.05, 4.69) is 9.73 Å². The molecule has 5 nitrogen and oxygen atoms in total. The van der Waals surface area contributed by atoms with Crippen molar-refractivity contribution in [1.82, 2.24) is 0 Å². The average Bonchev–Trinajstić information content (AvgIpc) is 2.89. The zero-order valence-electron chi connectivity index (χ0n) is 9.54. The number of esters is 1. The number of aliphatic imine (C=N–C) groups is 1. The molecule has 0 saturated heterocycles. The Bertz CT molecular complexity index is 606. The zero-order valence-corrected chi connectivity index (χ0v) is 9.54. The SMILES string of the molecule is COC(=O)c1ccc(-c2ccc(N=C=O)cc2)o1. The lowest BCUT2D eigenvalue weighted by molar-refractivity contribution is 0.0566. The van der Waals surface area contributed by atoms with Crippen LogP contribution in [0.2, 0.25) is 0 Å². The second-order valence-electron chi connectivity index (χ2n) is 3.41. The Morgan fingerprint density at radius 2 is 1.94 bits per heavy atom. The normalized spacial score (nSPS) is 9.61. The molecule has 0 atom stereocenters. The summed E-state index contributed by atoms with van der Waals surface area (Å²) < 4.78 is 9.89. The Morgan fingerprint density at radius 3 is 2.56 bits per heavy atom. The van der Waals surface area contributed by atoms with Gasteiger partial charge in [0.15, 0.2) is 0 Å². The summed E-state index contributed by atoms with van der Waals surface area (Å²) in [5, 5.41) is 0. The highest BCUT2D eigenvalue weighted by molar-refractivity contribution is 5.87. The lowest BCUT2D eigenvalue weighted by Gasteiger charge is -1.97. The van der Waals surface area contributed by atoms with Crippen molar-refractivity contribution >= 4 is 17.7 Å². The molecule has 1 aromatic heterocycles. The van der Waals surface area contributed by atoms with Crippen LogP contribution in [-0.4, -0.2) is 19.2 Å². The topological polar surface area (TPSA) is 68.9 Å². The summed E-state index contributed by atoms with van der Waals surface area (Å²) >= 11 is 0. The number of ether oxygens (including phenoxy) is 1. The first-order valence-corrected chi connectivity index (χ1v) is 5.11. The minimum absolute atomic E-state index is 0.141. The summed E-state index contributed by atoms with van der Waals surface area (Å²) in [5.41, 5.74) is 1.28. The van der Waals surface area contributed by atoms with E-state index >= 15 is 0 Å². The molecule has 5 heteroatoms.